The number of benzene rings is 1. The van der Waals surface area contributed by atoms with Crippen LogP contribution in [0.2, 0.25) is 0 Å². The van der Waals surface area contributed by atoms with E-state index in [1.165, 1.54) is 0 Å². The highest BCUT2D eigenvalue weighted by molar-refractivity contribution is 5.90. The molecule has 1 aromatic carbocycles. The van der Waals surface area contributed by atoms with E-state index in [0.29, 0.717) is 12.3 Å². The number of carbonyl (C=O) groups is 3. The van der Waals surface area contributed by atoms with Crippen LogP contribution in [0.1, 0.15) is 107 Å². The molecule has 5 heteroatoms. The van der Waals surface area contributed by atoms with Crippen LogP contribution in [0.25, 0.3) is 0 Å². The molecule has 0 saturated heterocycles. The standard InChI is InChI=1S/C33H55NO4/c1-11-38-31(37)28(20-26-15-13-12-14-16-26)34-30(36)24(3)19-29(35)27(25(4)22-33(8,9)10)18-17-23(2)21-32(5,6)7/h12-16,23-25,27-28H,11,17-22H2,1-10H3,(H,34,36)/t23?,24-,25?,27?,28+/m1/s1. The molecule has 0 aromatic heterocycles. The minimum Gasteiger partial charge on any atom is -0.464 e. The fraction of sp³-hybridized carbons (Fsp3) is 0.727. The maximum atomic E-state index is 13.6. The lowest BCUT2D eigenvalue weighted by molar-refractivity contribution is -0.147. The first-order valence-electron chi connectivity index (χ1n) is 14.6. The molecule has 0 aliphatic rings. The molecule has 216 valence electrons. The van der Waals surface area contributed by atoms with E-state index in [0.717, 1.165) is 31.2 Å². The summed E-state index contributed by atoms with van der Waals surface area (Å²) < 4.78 is 5.22. The summed E-state index contributed by atoms with van der Waals surface area (Å²) in [5.74, 6) is -0.392. The lowest BCUT2D eigenvalue weighted by Crippen LogP contribution is -2.46. The number of amides is 1. The van der Waals surface area contributed by atoms with Gasteiger partial charge in [0.2, 0.25) is 5.91 Å². The highest BCUT2D eigenvalue weighted by atomic mass is 16.5. The molecule has 0 aliphatic carbocycles. The van der Waals surface area contributed by atoms with Gasteiger partial charge in [-0.15, -0.1) is 0 Å². The number of hydrogen-bond acceptors (Lipinski definition) is 4. The predicted octanol–water partition coefficient (Wildman–Crippen LogP) is 7.41. The van der Waals surface area contributed by atoms with Crippen molar-refractivity contribution >= 4 is 17.7 Å². The van der Waals surface area contributed by atoms with Gasteiger partial charge in [0.15, 0.2) is 0 Å². The van der Waals surface area contributed by atoms with Crippen molar-refractivity contribution in [3.05, 3.63) is 35.9 Å². The quantitative estimate of drug-likeness (QED) is 0.240. The Morgan fingerprint density at radius 2 is 1.45 bits per heavy atom. The first-order valence-corrected chi connectivity index (χ1v) is 14.6. The molecule has 1 aromatic rings. The van der Waals surface area contributed by atoms with Crippen molar-refractivity contribution in [2.45, 2.75) is 114 Å². The van der Waals surface area contributed by atoms with E-state index in [-0.39, 0.29) is 47.4 Å². The molecule has 0 bridgehead atoms. The van der Waals surface area contributed by atoms with Crippen LogP contribution in [0.4, 0.5) is 0 Å². The third-order valence-corrected chi connectivity index (χ3v) is 7.09. The summed E-state index contributed by atoms with van der Waals surface area (Å²) in [6.45, 7) is 21.7. The lowest BCUT2D eigenvalue weighted by atomic mass is 9.73. The van der Waals surface area contributed by atoms with E-state index in [4.69, 9.17) is 4.74 Å². The van der Waals surface area contributed by atoms with Gasteiger partial charge in [0.1, 0.15) is 11.8 Å². The summed E-state index contributed by atoms with van der Waals surface area (Å²) in [5.41, 5.74) is 1.33. The second-order valence-electron chi connectivity index (χ2n) is 13.9. The molecule has 1 N–H and O–H groups in total. The Morgan fingerprint density at radius 1 is 0.868 bits per heavy atom. The van der Waals surface area contributed by atoms with Crippen LogP contribution in [0.15, 0.2) is 30.3 Å². The van der Waals surface area contributed by atoms with Gasteiger partial charge in [-0.25, -0.2) is 4.79 Å². The summed E-state index contributed by atoms with van der Waals surface area (Å²) in [5, 5.41) is 2.87. The van der Waals surface area contributed by atoms with E-state index in [1.807, 2.05) is 30.3 Å². The second kappa shape index (κ2) is 15.4. The monoisotopic (exact) mass is 529 g/mol. The number of hydrogen-bond donors (Lipinski definition) is 1. The first kappa shape index (κ1) is 33.9. The van der Waals surface area contributed by atoms with Crippen LogP contribution in [0, 0.1) is 34.5 Å². The molecule has 0 heterocycles. The van der Waals surface area contributed by atoms with Crippen molar-refractivity contribution < 1.29 is 19.1 Å². The molecule has 1 amide bonds. The van der Waals surface area contributed by atoms with Crippen LogP contribution in [0.3, 0.4) is 0 Å². The Balaban J connectivity index is 2.93. The van der Waals surface area contributed by atoms with E-state index in [1.54, 1.807) is 13.8 Å². The molecule has 5 nitrogen and oxygen atoms in total. The summed E-state index contributed by atoms with van der Waals surface area (Å²) >= 11 is 0. The zero-order valence-corrected chi connectivity index (χ0v) is 25.9. The Morgan fingerprint density at radius 3 is 1.97 bits per heavy atom. The van der Waals surface area contributed by atoms with Gasteiger partial charge in [0.05, 0.1) is 6.61 Å². The highest BCUT2D eigenvalue weighted by Gasteiger charge is 2.32. The van der Waals surface area contributed by atoms with Crippen LogP contribution in [-0.2, 0) is 25.5 Å². The van der Waals surface area contributed by atoms with Gasteiger partial charge in [-0.05, 0) is 60.8 Å². The van der Waals surface area contributed by atoms with E-state index in [9.17, 15) is 14.4 Å². The smallest absolute Gasteiger partial charge is 0.328 e. The zero-order valence-electron chi connectivity index (χ0n) is 25.9. The molecule has 3 unspecified atom stereocenters. The van der Waals surface area contributed by atoms with Gasteiger partial charge >= 0.3 is 5.97 Å². The molecule has 0 saturated carbocycles. The van der Waals surface area contributed by atoms with E-state index >= 15 is 0 Å². The number of ketones is 1. The lowest BCUT2D eigenvalue weighted by Gasteiger charge is -2.31. The molecule has 0 fully saturated rings. The van der Waals surface area contributed by atoms with Gasteiger partial charge in [0, 0.05) is 24.7 Å². The van der Waals surface area contributed by atoms with Crippen molar-refractivity contribution in [1.29, 1.82) is 0 Å². The molecule has 1 rings (SSSR count). The fourth-order valence-corrected chi connectivity index (χ4v) is 5.63. The average Bonchev–Trinajstić information content (AvgIpc) is 2.77. The summed E-state index contributed by atoms with van der Waals surface area (Å²) in [6, 6.07) is 8.79. The van der Waals surface area contributed by atoms with Gasteiger partial charge in [-0.3, -0.25) is 9.59 Å². The van der Waals surface area contributed by atoms with Crippen LogP contribution in [-0.4, -0.2) is 30.3 Å². The Labute approximate surface area is 232 Å². The van der Waals surface area contributed by atoms with Crippen LogP contribution < -0.4 is 5.32 Å². The van der Waals surface area contributed by atoms with Crippen molar-refractivity contribution in [2.75, 3.05) is 6.61 Å². The number of carbonyl (C=O) groups excluding carboxylic acids is 3. The largest absolute Gasteiger partial charge is 0.464 e. The first-order chi connectivity index (χ1) is 17.5. The predicted molar refractivity (Wildman–Crippen MR) is 157 cm³/mol. The number of esters is 1. The third kappa shape index (κ3) is 13.6. The van der Waals surface area contributed by atoms with Gasteiger partial charge in [0.25, 0.3) is 0 Å². The van der Waals surface area contributed by atoms with Crippen LogP contribution in [0.5, 0.6) is 0 Å². The molecule has 0 spiro atoms. The van der Waals surface area contributed by atoms with Gasteiger partial charge in [-0.1, -0.05) is 92.6 Å². The summed E-state index contributed by atoms with van der Waals surface area (Å²) in [7, 11) is 0. The van der Waals surface area contributed by atoms with Crippen molar-refractivity contribution in [2.24, 2.45) is 34.5 Å². The third-order valence-electron chi connectivity index (χ3n) is 7.09. The number of Topliss-reactive ketones (excluding diaryl/α,β-unsaturated/α-hetero) is 1. The maximum absolute atomic E-state index is 13.6. The molecule has 0 aliphatic heterocycles. The van der Waals surface area contributed by atoms with Crippen LogP contribution >= 0.6 is 0 Å². The fourth-order valence-electron chi connectivity index (χ4n) is 5.63. The Bertz CT molecular complexity index is 865. The van der Waals surface area contributed by atoms with Gasteiger partial charge in [-0.2, -0.15) is 0 Å². The number of rotatable bonds is 15. The van der Waals surface area contributed by atoms with E-state index < -0.39 is 17.9 Å². The molecular weight excluding hydrogens is 474 g/mol. The average molecular weight is 530 g/mol. The minimum atomic E-state index is -0.781. The van der Waals surface area contributed by atoms with E-state index in [2.05, 4.69) is 60.7 Å². The summed E-state index contributed by atoms with van der Waals surface area (Å²) in [4.78, 5) is 39.4. The molecule has 5 atom stereocenters. The molecular formula is C33H55NO4. The minimum absolute atomic E-state index is 0.0722. The number of nitrogens with one attached hydrogen (secondary N) is 1. The van der Waals surface area contributed by atoms with Gasteiger partial charge < -0.3 is 10.1 Å². The summed E-state index contributed by atoms with van der Waals surface area (Å²) in [6.07, 6.45) is 4.46. The Hall–Kier alpha value is -2.17. The topological polar surface area (TPSA) is 72.5 Å². The zero-order chi connectivity index (χ0) is 29.1. The SMILES string of the molecule is CCOC(=O)[C@H](Cc1ccccc1)NC(=O)[C@H](C)CC(=O)C(CCC(C)CC(C)(C)C)C(C)CC(C)(C)C. The highest BCUT2D eigenvalue weighted by Crippen LogP contribution is 2.35. The van der Waals surface area contributed by atoms with Crippen molar-refractivity contribution in [1.82, 2.24) is 5.32 Å². The molecule has 38 heavy (non-hydrogen) atoms. The number of ether oxygens (including phenoxy) is 1. The maximum Gasteiger partial charge on any atom is 0.328 e. The molecule has 0 radical (unpaired) electrons. The normalized spacial score (nSPS) is 16.2. The second-order valence-corrected chi connectivity index (χ2v) is 13.9. The Kier molecular flexibility index (Phi) is 13.7. The van der Waals surface area contributed by atoms with Crippen molar-refractivity contribution in [3.8, 4) is 0 Å². The van der Waals surface area contributed by atoms with Crippen molar-refractivity contribution in [3.63, 3.8) is 0 Å².